The number of likely N-dealkylation sites (tertiary alicyclic amines) is 1. The molecule has 1 aliphatic rings. The first-order chi connectivity index (χ1) is 11.6. The monoisotopic (exact) mass is 363 g/mol. The van der Waals surface area contributed by atoms with Crippen LogP contribution in [0.4, 0.5) is 0 Å². The summed E-state index contributed by atoms with van der Waals surface area (Å²) in [6, 6.07) is 15.5. The molecule has 5 heteroatoms. The zero-order valence-corrected chi connectivity index (χ0v) is 14.9. The van der Waals surface area contributed by atoms with Gasteiger partial charge in [0, 0.05) is 30.0 Å². The molecule has 0 unspecified atom stereocenters. The first kappa shape index (κ1) is 17.3. The van der Waals surface area contributed by atoms with Gasteiger partial charge in [0.1, 0.15) is 6.54 Å². The summed E-state index contributed by atoms with van der Waals surface area (Å²) >= 11 is 12.0. The quantitative estimate of drug-likeness (QED) is 0.859. The summed E-state index contributed by atoms with van der Waals surface area (Å²) in [5, 5.41) is 4.35. The Morgan fingerprint density at radius 1 is 1.04 bits per heavy atom. The van der Waals surface area contributed by atoms with E-state index in [0.29, 0.717) is 10.0 Å². The van der Waals surface area contributed by atoms with Crippen molar-refractivity contribution in [2.24, 2.45) is 0 Å². The van der Waals surface area contributed by atoms with Crippen LogP contribution in [0.5, 0.6) is 0 Å². The van der Waals surface area contributed by atoms with Crippen LogP contribution in [0, 0.1) is 0 Å². The molecule has 0 bridgehead atoms. The summed E-state index contributed by atoms with van der Waals surface area (Å²) < 4.78 is 0. The fraction of sp³-hybridized carbons (Fsp3) is 0.316. The Bertz CT molecular complexity index is 698. The minimum Gasteiger partial charge on any atom is -0.349 e. The lowest BCUT2D eigenvalue weighted by atomic mass is 10.0. The van der Waals surface area contributed by atoms with Crippen molar-refractivity contribution in [3.05, 3.63) is 69.7 Å². The topological polar surface area (TPSA) is 33.5 Å². The molecule has 3 rings (SSSR count). The Balaban J connectivity index is 1.49. The van der Waals surface area contributed by atoms with E-state index in [9.17, 15) is 4.79 Å². The minimum atomic E-state index is 0.0218. The summed E-state index contributed by atoms with van der Waals surface area (Å²) in [6.45, 7) is 3.02. The Hall–Kier alpha value is -1.55. The van der Waals surface area contributed by atoms with Crippen LogP contribution in [-0.4, -0.2) is 25.0 Å². The van der Waals surface area contributed by atoms with Crippen LogP contribution in [0.1, 0.15) is 28.8 Å². The van der Waals surface area contributed by atoms with Crippen molar-refractivity contribution in [1.82, 2.24) is 5.32 Å². The maximum absolute atomic E-state index is 12.2. The molecule has 0 atom stereocenters. The summed E-state index contributed by atoms with van der Waals surface area (Å²) in [4.78, 5) is 13.7. The summed E-state index contributed by atoms with van der Waals surface area (Å²) in [6.07, 6.45) is 1.99. The largest absolute Gasteiger partial charge is 0.349 e. The third-order valence-electron chi connectivity index (χ3n) is 4.50. The number of quaternary nitrogens is 1. The number of rotatable bonds is 4. The number of hydrogen-bond donors (Lipinski definition) is 2. The molecule has 0 radical (unpaired) electrons. The number of nitrogens with one attached hydrogen (secondary N) is 2. The highest BCUT2D eigenvalue weighted by atomic mass is 35.5. The molecule has 2 N–H and O–H groups in total. The zero-order valence-electron chi connectivity index (χ0n) is 13.4. The lowest BCUT2D eigenvalue weighted by molar-refractivity contribution is -0.918. The van der Waals surface area contributed by atoms with Crippen molar-refractivity contribution in [1.29, 1.82) is 0 Å². The molecule has 1 amide bonds. The van der Waals surface area contributed by atoms with Gasteiger partial charge in [-0.15, -0.1) is 0 Å². The average Bonchev–Trinajstić information content (AvgIpc) is 2.61. The molecule has 2 aromatic rings. The number of halogens is 2. The van der Waals surface area contributed by atoms with Gasteiger partial charge < -0.3 is 10.2 Å². The lowest BCUT2D eigenvalue weighted by Crippen LogP contribution is -3.12. The fourth-order valence-electron chi connectivity index (χ4n) is 3.14. The van der Waals surface area contributed by atoms with Gasteiger partial charge in [0.2, 0.25) is 0 Å². The number of carbonyl (C=O) groups is 1. The van der Waals surface area contributed by atoms with Crippen molar-refractivity contribution < 1.29 is 9.69 Å². The van der Waals surface area contributed by atoms with Gasteiger partial charge in [0.25, 0.3) is 5.91 Å². The molecular weight excluding hydrogens is 343 g/mol. The van der Waals surface area contributed by atoms with Gasteiger partial charge in [-0.2, -0.15) is 0 Å². The maximum atomic E-state index is 12.2. The Kier molecular flexibility index (Phi) is 5.77. The molecule has 1 aliphatic heterocycles. The van der Waals surface area contributed by atoms with E-state index in [4.69, 9.17) is 23.2 Å². The molecule has 0 saturated carbocycles. The predicted octanol–water partition coefficient (Wildman–Crippen LogP) is 2.97. The van der Waals surface area contributed by atoms with Crippen LogP contribution < -0.4 is 10.2 Å². The van der Waals surface area contributed by atoms with Gasteiger partial charge >= 0.3 is 0 Å². The molecule has 0 aliphatic carbocycles. The van der Waals surface area contributed by atoms with E-state index in [-0.39, 0.29) is 11.9 Å². The first-order valence-electron chi connectivity index (χ1n) is 8.25. The SMILES string of the molecule is O=C(NC1CC[NH+](Cc2ccc(Cl)c(Cl)c2)CC1)c1ccccc1. The molecule has 24 heavy (non-hydrogen) atoms. The van der Waals surface area contributed by atoms with Crippen molar-refractivity contribution in [2.45, 2.75) is 25.4 Å². The Labute approximate surface area is 152 Å². The summed E-state index contributed by atoms with van der Waals surface area (Å²) in [5.41, 5.74) is 1.93. The third kappa shape index (κ3) is 4.50. The Morgan fingerprint density at radius 3 is 2.42 bits per heavy atom. The van der Waals surface area contributed by atoms with Gasteiger partial charge in [-0.25, -0.2) is 0 Å². The molecular formula is C19H21Cl2N2O+. The molecule has 0 spiro atoms. The van der Waals surface area contributed by atoms with Crippen LogP contribution >= 0.6 is 23.2 Å². The molecule has 3 nitrogen and oxygen atoms in total. The van der Waals surface area contributed by atoms with Crippen LogP contribution in [-0.2, 0) is 6.54 Å². The van der Waals surface area contributed by atoms with E-state index in [0.717, 1.165) is 38.0 Å². The Morgan fingerprint density at radius 2 is 1.75 bits per heavy atom. The van der Waals surface area contributed by atoms with Gasteiger partial charge in [0.05, 0.1) is 23.1 Å². The summed E-state index contributed by atoms with van der Waals surface area (Å²) in [5.74, 6) is 0.0218. The van der Waals surface area contributed by atoms with E-state index in [1.807, 2.05) is 48.5 Å². The maximum Gasteiger partial charge on any atom is 0.251 e. The molecule has 126 valence electrons. The number of piperidine rings is 1. The normalized spacial score (nSPS) is 20.6. The second-order valence-corrected chi connectivity index (χ2v) is 7.10. The highest BCUT2D eigenvalue weighted by Crippen LogP contribution is 2.22. The molecule has 0 aromatic heterocycles. The third-order valence-corrected chi connectivity index (χ3v) is 5.24. The summed E-state index contributed by atoms with van der Waals surface area (Å²) in [7, 11) is 0. The average molecular weight is 364 g/mol. The highest BCUT2D eigenvalue weighted by Gasteiger charge is 2.23. The molecule has 1 saturated heterocycles. The van der Waals surface area contributed by atoms with Crippen LogP contribution in [0.15, 0.2) is 48.5 Å². The molecule has 2 aromatic carbocycles. The number of benzene rings is 2. The fourth-order valence-corrected chi connectivity index (χ4v) is 3.46. The smallest absolute Gasteiger partial charge is 0.251 e. The van der Waals surface area contributed by atoms with Crippen LogP contribution in [0.3, 0.4) is 0 Å². The molecule has 1 fully saturated rings. The van der Waals surface area contributed by atoms with Crippen molar-refractivity contribution >= 4 is 29.1 Å². The van der Waals surface area contributed by atoms with E-state index in [1.54, 1.807) is 0 Å². The van der Waals surface area contributed by atoms with Crippen LogP contribution in [0.2, 0.25) is 10.0 Å². The van der Waals surface area contributed by atoms with Gasteiger partial charge in [-0.3, -0.25) is 4.79 Å². The van der Waals surface area contributed by atoms with Gasteiger partial charge in [-0.05, 0) is 24.3 Å². The van der Waals surface area contributed by atoms with E-state index in [1.165, 1.54) is 10.5 Å². The predicted molar refractivity (Wildman–Crippen MR) is 97.8 cm³/mol. The second-order valence-electron chi connectivity index (χ2n) is 6.29. The standard InChI is InChI=1S/C19H20Cl2N2O/c20-17-7-6-14(12-18(17)21)13-23-10-8-16(9-11-23)22-19(24)15-4-2-1-3-5-15/h1-7,12,16H,8-11,13H2,(H,22,24)/p+1. The van der Waals surface area contributed by atoms with E-state index in [2.05, 4.69) is 5.32 Å². The van der Waals surface area contributed by atoms with E-state index < -0.39 is 0 Å². The van der Waals surface area contributed by atoms with Gasteiger partial charge in [0.15, 0.2) is 0 Å². The minimum absolute atomic E-state index is 0.0218. The lowest BCUT2D eigenvalue weighted by Gasteiger charge is -2.30. The first-order valence-corrected chi connectivity index (χ1v) is 9.01. The molecule has 1 heterocycles. The number of carbonyl (C=O) groups excluding carboxylic acids is 1. The second kappa shape index (κ2) is 8.02. The van der Waals surface area contributed by atoms with Crippen LogP contribution in [0.25, 0.3) is 0 Å². The highest BCUT2D eigenvalue weighted by molar-refractivity contribution is 6.42. The van der Waals surface area contributed by atoms with Crippen molar-refractivity contribution in [2.75, 3.05) is 13.1 Å². The van der Waals surface area contributed by atoms with Gasteiger partial charge in [-0.1, -0.05) is 47.5 Å². The van der Waals surface area contributed by atoms with Crippen molar-refractivity contribution in [3.8, 4) is 0 Å². The van der Waals surface area contributed by atoms with Crippen molar-refractivity contribution in [3.63, 3.8) is 0 Å². The number of hydrogen-bond acceptors (Lipinski definition) is 1. The van der Waals surface area contributed by atoms with E-state index >= 15 is 0 Å². The number of amides is 1. The zero-order chi connectivity index (χ0) is 16.9.